The van der Waals surface area contributed by atoms with Crippen LogP contribution in [0.15, 0.2) is 18.2 Å². The number of rotatable bonds is 2. The molecule has 3 N–H and O–H groups in total. The van der Waals surface area contributed by atoms with E-state index in [4.69, 9.17) is 10.5 Å². The summed E-state index contributed by atoms with van der Waals surface area (Å²) >= 11 is 0. The topological polar surface area (TPSA) is 47.3 Å². The number of ether oxygens (including phenoxy) is 1. The maximum atomic E-state index is 13.3. The van der Waals surface area contributed by atoms with Crippen molar-refractivity contribution in [3.63, 3.8) is 0 Å². The first-order valence-corrected chi connectivity index (χ1v) is 4.69. The van der Waals surface area contributed by atoms with Gasteiger partial charge in [0.05, 0.1) is 6.04 Å². The lowest BCUT2D eigenvalue weighted by molar-refractivity contribution is 0.277. The predicted octanol–water partition coefficient (Wildman–Crippen LogP) is 1.35. The number of anilines is 1. The predicted molar refractivity (Wildman–Crippen MR) is 53.0 cm³/mol. The summed E-state index contributed by atoms with van der Waals surface area (Å²) in [5.74, 6) is 0.308. The molecule has 1 atom stereocenters. The molecule has 1 aromatic carbocycles. The molecule has 0 saturated heterocycles. The van der Waals surface area contributed by atoms with Crippen LogP contribution in [0.5, 0.6) is 5.75 Å². The van der Waals surface area contributed by atoms with Crippen molar-refractivity contribution in [2.45, 2.75) is 12.5 Å². The zero-order valence-electron chi connectivity index (χ0n) is 7.79. The van der Waals surface area contributed by atoms with E-state index in [-0.39, 0.29) is 11.9 Å². The van der Waals surface area contributed by atoms with Crippen LogP contribution in [0.2, 0.25) is 0 Å². The second-order valence-electron chi connectivity index (χ2n) is 3.34. The summed E-state index contributed by atoms with van der Waals surface area (Å²) < 4.78 is 18.7. The molecule has 4 heteroatoms. The Morgan fingerprint density at radius 1 is 1.57 bits per heavy atom. The lowest BCUT2D eigenvalue weighted by Crippen LogP contribution is -2.33. The summed E-state index contributed by atoms with van der Waals surface area (Å²) in [6.07, 6.45) is 0.785. The molecule has 0 aliphatic carbocycles. The van der Waals surface area contributed by atoms with E-state index in [9.17, 15) is 4.39 Å². The molecule has 0 bridgehead atoms. The molecule has 0 saturated carbocycles. The zero-order valence-corrected chi connectivity index (χ0v) is 7.79. The fraction of sp³-hybridized carbons (Fsp3) is 0.400. The average Bonchev–Trinajstić information content (AvgIpc) is 2.20. The number of nitrogens with two attached hydrogens (primary N) is 1. The Hall–Kier alpha value is -1.29. The number of para-hydroxylation sites is 1. The van der Waals surface area contributed by atoms with Crippen molar-refractivity contribution >= 4 is 5.69 Å². The Balaban J connectivity index is 2.20. The van der Waals surface area contributed by atoms with Crippen LogP contribution < -0.4 is 15.8 Å². The van der Waals surface area contributed by atoms with Crippen LogP contribution >= 0.6 is 0 Å². The van der Waals surface area contributed by atoms with Gasteiger partial charge in [-0.3, -0.25) is 0 Å². The molecule has 1 aliphatic rings. The van der Waals surface area contributed by atoms with Gasteiger partial charge in [-0.25, -0.2) is 4.39 Å². The van der Waals surface area contributed by atoms with E-state index >= 15 is 0 Å². The molecule has 1 aromatic rings. The van der Waals surface area contributed by atoms with Gasteiger partial charge in [0, 0.05) is 0 Å². The molecule has 1 heterocycles. The third-order valence-corrected chi connectivity index (χ3v) is 2.28. The molecule has 2 rings (SSSR count). The lowest BCUT2D eigenvalue weighted by Gasteiger charge is -2.27. The van der Waals surface area contributed by atoms with Crippen LogP contribution in [-0.4, -0.2) is 19.2 Å². The third-order valence-electron chi connectivity index (χ3n) is 2.28. The van der Waals surface area contributed by atoms with Gasteiger partial charge in [-0.15, -0.1) is 0 Å². The summed E-state index contributed by atoms with van der Waals surface area (Å²) in [5, 5.41) is 3.09. The molecule has 0 spiro atoms. The van der Waals surface area contributed by atoms with Gasteiger partial charge in [0.2, 0.25) is 0 Å². The number of nitrogens with one attached hydrogen (secondary N) is 1. The third kappa shape index (κ3) is 1.65. The van der Waals surface area contributed by atoms with Gasteiger partial charge in [0.1, 0.15) is 23.9 Å². The van der Waals surface area contributed by atoms with Gasteiger partial charge in [-0.1, -0.05) is 6.07 Å². The Bertz CT molecular complexity index is 330. The largest absolute Gasteiger partial charge is 0.489 e. The Kier molecular flexibility index (Phi) is 2.54. The Morgan fingerprint density at radius 3 is 3.21 bits per heavy atom. The van der Waals surface area contributed by atoms with Gasteiger partial charge in [0.25, 0.3) is 0 Å². The van der Waals surface area contributed by atoms with Gasteiger partial charge in [-0.2, -0.15) is 0 Å². The van der Waals surface area contributed by atoms with E-state index in [1.165, 1.54) is 6.07 Å². The number of halogens is 1. The summed E-state index contributed by atoms with van der Waals surface area (Å²) in [4.78, 5) is 0. The van der Waals surface area contributed by atoms with Crippen LogP contribution in [-0.2, 0) is 0 Å². The number of benzene rings is 1. The smallest absolute Gasteiger partial charge is 0.150 e. The highest BCUT2D eigenvalue weighted by Crippen LogP contribution is 2.31. The summed E-state index contributed by atoms with van der Waals surface area (Å²) in [6.45, 7) is 1.12. The summed E-state index contributed by atoms with van der Waals surface area (Å²) in [5.41, 5.74) is 5.88. The standard InChI is InChI=1S/C10H13FN2O/c11-8-2-1-3-9-10(8)13-7(4-5-12)6-14-9/h1-3,7,13H,4-6,12H2. The minimum atomic E-state index is -0.274. The highest BCUT2D eigenvalue weighted by Gasteiger charge is 2.20. The molecule has 14 heavy (non-hydrogen) atoms. The van der Waals surface area contributed by atoms with E-state index in [1.54, 1.807) is 12.1 Å². The first kappa shape index (κ1) is 9.27. The van der Waals surface area contributed by atoms with E-state index in [0.29, 0.717) is 24.6 Å². The van der Waals surface area contributed by atoms with Crippen LogP contribution in [0.4, 0.5) is 10.1 Å². The van der Waals surface area contributed by atoms with Crippen LogP contribution in [0.25, 0.3) is 0 Å². The van der Waals surface area contributed by atoms with Gasteiger partial charge < -0.3 is 15.8 Å². The van der Waals surface area contributed by atoms with Crippen molar-refractivity contribution in [2.75, 3.05) is 18.5 Å². The quantitative estimate of drug-likeness (QED) is 0.750. The normalized spacial score (nSPS) is 19.4. The molecule has 0 fully saturated rings. The second-order valence-corrected chi connectivity index (χ2v) is 3.34. The number of hydrogen-bond donors (Lipinski definition) is 2. The van der Waals surface area contributed by atoms with Crippen molar-refractivity contribution in [3.8, 4) is 5.75 Å². The highest BCUT2D eigenvalue weighted by atomic mass is 19.1. The zero-order chi connectivity index (χ0) is 9.97. The van der Waals surface area contributed by atoms with Gasteiger partial charge >= 0.3 is 0 Å². The SMILES string of the molecule is NCCC1COc2cccc(F)c2N1. The van der Waals surface area contributed by atoms with Crippen LogP contribution in [0, 0.1) is 5.82 Å². The van der Waals surface area contributed by atoms with Crippen LogP contribution in [0.1, 0.15) is 6.42 Å². The monoisotopic (exact) mass is 196 g/mol. The first-order chi connectivity index (χ1) is 6.81. The van der Waals surface area contributed by atoms with Crippen molar-refractivity contribution in [2.24, 2.45) is 5.73 Å². The molecule has 3 nitrogen and oxygen atoms in total. The fourth-order valence-corrected chi connectivity index (χ4v) is 1.56. The molecule has 0 radical (unpaired) electrons. The molecule has 76 valence electrons. The molecular weight excluding hydrogens is 183 g/mol. The summed E-state index contributed by atoms with van der Waals surface area (Å²) in [7, 11) is 0. The molecule has 1 aliphatic heterocycles. The fourth-order valence-electron chi connectivity index (χ4n) is 1.56. The lowest BCUT2D eigenvalue weighted by atomic mass is 10.1. The molecule has 0 amide bonds. The van der Waals surface area contributed by atoms with Crippen molar-refractivity contribution < 1.29 is 9.13 Å². The molecule has 1 unspecified atom stereocenters. The Labute approximate surface area is 82.1 Å². The maximum Gasteiger partial charge on any atom is 0.150 e. The minimum Gasteiger partial charge on any atom is -0.489 e. The van der Waals surface area contributed by atoms with Crippen LogP contribution in [0.3, 0.4) is 0 Å². The van der Waals surface area contributed by atoms with Gasteiger partial charge in [0.15, 0.2) is 0 Å². The van der Waals surface area contributed by atoms with Crippen molar-refractivity contribution in [3.05, 3.63) is 24.0 Å². The molecule has 0 aromatic heterocycles. The van der Waals surface area contributed by atoms with Crippen molar-refractivity contribution in [1.82, 2.24) is 0 Å². The Morgan fingerprint density at radius 2 is 2.43 bits per heavy atom. The van der Waals surface area contributed by atoms with E-state index < -0.39 is 0 Å². The maximum absolute atomic E-state index is 13.3. The average molecular weight is 196 g/mol. The molecular formula is C10H13FN2O. The number of hydrogen-bond acceptors (Lipinski definition) is 3. The van der Waals surface area contributed by atoms with Gasteiger partial charge in [-0.05, 0) is 25.1 Å². The summed E-state index contributed by atoms with van der Waals surface area (Å²) in [6, 6.07) is 4.92. The first-order valence-electron chi connectivity index (χ1n) is 4.69. The highest BCUT2D eigenvalue weighted by molar-refractivity contribution is 5.59. The van der Waals surface area contributed by atoms with E-state index in [2.05, 4.69) is 5.32 Å². The minimum absolute atomic E-state index is 0.115. The van der Waals surface area contributed by atoms with Crippen molar-refractivity contribution in [1.29, 1.82) is 0 Å². The van der Waals surface area contributed by atoms with E-state index in [0.717, 1.165) is 6.42 Å². The van der Waals surface area contributed by atoms with E-state index in [1.807, 2.05) is 0 Å². The number of fused-ring (bicyclic) bond motifs is 1. The second kappa shape index (κ2) is 3.84.